The van der Waals surface area contributed by atoms with Crippen LogP contribution in [-0.2, 0) is 4.79 Å². The summed E-state index contributed by atoms with van der Waals surface area (Å²) in [6.45, 7) is 4.50. The third kappa shape index (κ3) is 9.67. The van der Waals surface area contributed by atoms with E-state index in [2.05, 4.69) is 20.5 Å². The van der Waals surface area contributed by atoms with Gasteiger partial charge >= 0.3 is 0 Å². The fraction of sp³-hybridized carbons (Fsp3) is 0.579. The number of halogens is 2. The Bertz CT molecular complexity index is 617. The number of nitrogens with two attached hydrogens (primary N) is 1. The third-order valence-corrected chi connectivity index (χ3v) is 5.82. The van der Waals surface area contributed by atoms with Crippen molar-refractivity contribution in [3.8, 4) is 0 Å². The van der Waals surface area contributed by atoms with Crippen molar-refractivity contribution in [3.63, 3.8) is 0 Å². The number of hydrogen-bond donors (Lipinski definition) is 3. The molecule has 1 aromatic rings. The van der Waals surface area contributed by atoms with Gasteiger partial charge in [-0.25, -0.2) is 0 Å². The second kappa shape index (κ2) is 14.3. The average molecular weight is 540 g/mol. The van der Waals surface area contributed by atoms with Crippen LogP contribution in [-0.4, -0.2) is 62.3 Å². The Balaban J connectivity index is 0.00000392. The molecule has 0 saturated carbocycles. The minimum Gasteiger partial charge on any atom is -0.369 e. The molecule has 1 aliphatic heterocycles. The minimum atomic E-state index is -0.168. The van der Waals surface area contributed by atoms with Gasteiger partial charge in [-0.2, -0.15) is 0 Å². The smallest absolute Gasteiger partial charge is 0.221 e. The normalized spacial score (nSPS) is 17.6. The van der Waals surface area contributed by atoms with Crippen LogP contribution in [0, 0.1) is 5.92 Å². The first-order valence-electron chi connectivity index (χ1n) is 9.43. The van der Waals surface area contributed by atoms with E-state index in [0.717, 1.165) is 68.7 Å². The number of hydrogen-bond acceptors (Lipinski definition) is 4. The van der Waals surface area contributed by atoms with Crippen molar-refractivity contribution in [3.05, 3.63) is 29.3 Å². The minimum absolute atomic E-state index is 0. The van der Waals surface area contributed by atoms with Gasteiger partial charge in [0.05, 0.1) is 5.92 Å². The highest BCUT2D eigenvalue weighted by Gasteiger charge is 2.23. The van der Waals surface area contributed by atoms with Gasteiger partial charge in [-0.05, 0) is 56.6 Å². The fourth-order valence-corrected chi connectivity index (χ4v) is 3.98. The number of rotatable bonds is 9. The Morgan fingerprint density at radius 1 is 1.32 bits per heavy atom. The van der Waals surface area contributed by atoms with Gasteiger partial charge in [0.15, 0.2) is 5.96 Å². The molecule has 4 N–H and O–H groups in total. The van der Waals surface area contributed by atoms with Crippen LogP contribution < -0.4 is 16.4 Å². The number of carbonyl (C=O) groups excluding carboxylic acids is 1. The second-order valence-corrected chi connectivity index (χ2v) is 8.23. The fourth-order valence-electron chi connectivity index (χ4n) is 3.09. The standard InChI is InChI=1S/C19H30ClN5OS.HI/c1-22-19(24-10-13-27-17-7-5-16(20)6-8-17)23-9-3-12-25-11-2-4-15(14-25)18(21)26;/h5-8,15H,2-4,9-14H2,1H3,(H2,21,26)(H2,22,23,24);1H. The summed E-state index contributed by atoms with van der Waals surface area (Å²) in [6.07, 6.45) is 2.98. The number of piperidine rings is 1. The molecule has 0 aromatic heterocycles. The number of likely N-dealkylation sites (tertiary alicyclic amines) is 1. The Kier molecular flexibility index (Phi) is 12.9. The number of carbonyl (C=O) groups is 1. The van der Waals surface area contributed by atoms with E-state index in [-0.39, 0.29) is 35.8 Å². The molecule has 0 radical (unpaired) electrons. The number of guanidine groups is 1. The van der Waals surface area contributed by atoms with Gasteiger partial charge in [-0.15, -0.1) is 35.7 Å². The summed E-state index contributed by atoms with van der Waals surface area (Å²) in [5.41, 5.74) is 5.43. The lowest BCUT2D eigenvalue weighted by molar-refractivity contribution is -0.123. The first kappa shape index (κ1) is 25.3. The Labute approximate surface area is 194 Å². The highest BCUT2D eigenvalue weighted by Crippen LogP contribution is 2.19. The van der Waals surface area contributed by atoms with Gasteiger partial charge in [0, 0.05) is 42.4 Å². The molecule has 0 bridgehead atoms. The summed E-state index contributed by atoms with van der Waals surface area (Å²) in [5, 5.41) is 7.43. The molecular weight excluding hydrogens is 509 g/mol. The van der Waals surface area contributed by atoms with Crippen molar-refractivity contribution in [1.29, 1.82) is 0 Å². The predicted molar refractivity (Wildman–Crippen MR) is 130 cm³/mol. The Hall–Kier alpha value is -0.710. The summed E-state index contributed by atoms with van der Waals surface area (Å²) in [7, 11) is 1.78. The number of aliphatic imine (C=N–C) groups is 1. The van der Waals surface area contributed by atoms with E-state index < -0.39 is 0 Å². The molecular formula is C19H31ClIN5OS. The summed E-state index contributed by atoms with van der Waals surface area (Å²) in [4.78, 5) is 19.1. The SMILES string of the molecule is CN=C(NCCCN1CCCC(C(N)=O)C1)NCCSc1ccc(Cl)cc1.I. The summed E-state index contributed by atoms with van der Waals surface area (Å²) < 4.78 is 0. The van der Waals surface area contributed by atoms with Crippen LogP contribution in [0.1, 0.15) is 19.3 Å². The van der Waals surface area contributed by atoms with Crippen LogP contribution >= 0.6 is 47.3 Å². The molecule has 0 spiro atoms. The van der Waals surface area contributed by atoms with Gasteiger partial charge in [0.2, 0.25) is 5.91 Å². The van der Waals surface area contributed by atoms with Crippen molar-refractivity contribution < 1.29 is 4.79 Å². The van der Waals surface area contributed by atoms with Crippen LogP contribution in [0.2, 0.25) is 5.02 Å². The number of benzene rings is 1. The Morgan fingerprint density at radius 2 is 2.04 bits per heavy atom. The molecule has 1 unspecified atom stereocenters. The predicted octanol–water partition coefficient (Wildman–Crippen LogP) is 2.80. The van der Waals surface area contributed by atoms with E-state index in [1.807, 2.05) is 24.3 Å². The molecule has 28 heavy (non-hydrogen) atoms. The average Bonchev–Trinajstić information content (AvgIpc) is 2.68. The van der Waals surface area contributed by atoms with E-state index >= 15 is 0 Å². The molecule has 2 rings (SSSR count). The topological polar surface area (TPSA) is 82.8 Å². The van der Waals surface area contributed by atoms with Gasteiger partial charge in [0.25, 0.3) is 0 Å². The van der Waals surface area contributed by atoms with Crippen LogP contribution in [0.3, 0.4) is 0 Å². The van der Waals surface area contributed by atoms with Gasteiger partial charge in [0.1, 0.15) is 0 Å². The molecule has 1 aliphatic rings. The quantitative estimate of drug-likeness (QED) is 0.148. The van der Waals surface area contributed by atoms with E-state index in [4.69, 9.17) is 17.3 Å². The number of primary amides is 1. The highest BCUT2D eigenvalue weighted by molar-refractivity contribution is 14.0. The van der Waals surface area contributed by atoms with Crippen molar-refractivity contribution in [2.24, 2.45) is 16.6 Å². The first-order valence-corrected chi connectivity index (χ1v) is 10.8. The molecule has 9 heteroatoms. The van der Waals surface area contributed by atoms with Crippen molar-refractivity contribution in [1.82, 2.24) is 15.5 Å². The third-order valence-electron chi connectivity index (χ3n) is 4.55. The molecule has 1 atom stereocenters. The summed E-state index contributed by atoms with van der Waals surface area (Å²) in [6, 6.07) is 7.88. The Morgan fingerprint density at radius 3 is 2.71 bits per heavy atom. The molecule has 6 nitrogen and oxygen atoms in total. The molecule has 1 aromatic carbocycles. The zero-order valence-electron chi connectivity index (χ0n) is 16.3. The molecule has 1 saturated heterocycles. The first-order chi connectivity index (χ1) is 13.1. The number of thioether (sulfide) groups is 1. The molecule has 1 heterocycles. The summed E-state index contributed by atoms with van der Waals surface area (Å²) in [5.74, 6) is 1.61. The highest BCUT2D eigenvalue weighted by atomic mass is 127. The van der Waals surface area contributed by atoms with Gasteiger partial charge in [-0.1, -0.05) is 11.6 Å². The van der Waals surface area contributed by atoms with E-state index in [1.54, 1.807) is 18.8 Å². The zero-order valence-corrected chi connectivity index (χ0v) is 20.2. The van der Waals surface area contributed by atoms with Crippen LogP contribution in [0.5, 0.6) is 0 Å². The summed E-state index contributed by atoms with van der Waals surface area (Å²) >= 11 is 7.68. The van der Waals surface area contributed by atoms with E-state index in [9.17, 15) is 4.79 Å². The van der Waals surface area contributed by atoms with Crippen LogP contribution in [0.4, 0.5) is 0 Å². The molecule has 158 valence electrons. The molecule has 1 fully saturated rings. The number of amides is 1. The van der Waals surface area contributed by atoms with Crippen molar-refractivity contribution >= 4 is 59.2 Å². The number of nitrogens with one attached hydrogen (secondary N) is 2. The lowest BCUT2D eigenvalue weighted by atomic mass is 9.97. The largest absolute Gasteiger partial charge is 0.369 e. The lowest BCUT2D eigenvalue weighted by Gasteiger charge is -2.31. The molecule has 0 aliphatic carbocycles. The lowest BCUT2D eigenvalue weighted by Crippen LogP contribution is -2.43. The second-order valence-electron chi connectivity index (χ2n) is 6.62. The van der Waals surface area contributed by atoms with E-state index in [0.29, 0.717) is 0 Å². The number of nitrogens with zero attached hydrogens (tertiary/aromatic N) is 2. The van der Waals surface area contributed by atoms with Gasteiger partial charge < -0.3 is 21.3 Å². The maximum atomic E-state index is 11.3. The maximum Gasteiger partial charge on any atom is 0.221 e. The van der Waals surface area contributed by atoms with Gasteiger partial charge in [-0.3, -0.25) is 9.79 Å². The van der Waals surface area contributed by atoms with Crippen LogP contribution in [0.25, 0.3) is 0 Å². The van der Waals surface area contributed by atoms with E-state index in [1.165, 1.54) is 4.90 Å². The van der Waals surface area contributed by atoms with Crippen molar-refractivity contribution in [2.75, 3.05) is 45.5 Å². The molecule has 1 amide bonds. The zero-order chi connectivity index (χ0) is 19.5. The van der Waals surface area contributed by atoms with Crippen molar-refractivity contribution in [2.45, 2.75) is 24.2 Å². The van der Waals surface area contributed by atoms with Crippen LogP contribution in [0.15, 0.2) is 34.2 Å². The monoisotopic (exact) mass is 539 g/mol. The maximum absolute atomic E-state index is 11.3.